The molecular formula is C16H16ClF3NNaO2. The maximum Gasteiger partial charge on any atom is 1.00 e. The predicted molar refractivity (Wildman–Crippen MR) is 83.7 cm³/mol. The van der Waals surface area contributed by atoms with Gasteiger partial charge in [-0.3, -0.25) is 0 Å². The Kier molecular flexibility index (Phi) is 12.7. The third-order valence-corrected chi connectivity index (χ3v) is 2.89. The van der Waals surface area contributed by atoms with Gasteiger partial charge in [0.25, 0.3) is 0 Å². The van der Waals surface area contributed by atoms with Crippen LogP contribution in [0.25, 0.3) is 0 Å². The summed E-state index contributed by atoms with van der Waals surface area (Å²) in [6, 6.07) is 10.1. The number of benzene rings is 2. The molecule has 0 saturated heterocycles. The van der Waals surface area contributed by atoms with E-state index in [4.69, 9.17) is 16.4 Å². The van der Waals surface area contributed by atoms with Gasteiger partial charge in [-0.05, 0) is 37.3 Å². The quantitative estimate of drug-likeness (QED) is 0.771. The van der Waals surface area contributed by atoms with Gasteiger partial charge in [-0.15, -0.1) is 5.75 Å². The van der Waals surface area contributed by atoms with Crippen molar-refractivity contribution in [2.75, 3.05) is 12.4 Å². The maximum atomic E-state index is 12.0. The van der Waals surface area contributed by atoms with Gasteiger partial charge < -0.3 is 15.2 Å². The molecule has 0 aliphatic carbocycles. The van der Waals surface area contributed by atoms with Crippen LogP contribution >= 0.6 is 11.6 Å². The molecular weight excluding hydrogens is 354 g/mol. The van der Waals surface area contributed by atoms with E-state index in [9.17, 15) is 18.3 Å². The molecule has 2 aromatic rings. The SMILES string of the molecule is C=O.CNc1ccc(Cl)cc1.Cc1cc(C(F)(F)F)ccc1[O-].[Na+]. The van der Waals surface area contributed by atoms with E-state index in [1.165, 1.54) is 6.92 Å². The first kappa shape index (κ1) is 25.0. The summed E-state index contributed by atoms with van der Waals surface area (Å²) in [4.78, 5) is 8.00. The average molecular weight is 370 g/mol. The van der Waals surface area contributed by atoms with E-state index >= 15 is 0 Å². The van der Waals surface area contributed by atoms with Gasteiger partial charge in [-0.1, -0.05) is 29.3 Å². The molecule has 0 aromatic heterocycles. The second-order valence-corrected chi connectivity index (χ2v) is 4.67. The van der Waals surface area contributed by atoms with Gasteiger partial charge in [0.05, 0.1) is 5.56 Å². The van der Waals surface area contributed by atoms with E-state index in [0.717, 1.165) is 28.9 Å². The predicted octanol–water partition coefficient (Wildman–Crippen LogP) is 1.29. The molecule has 0 saturated carbocycles. The fourth-order valence-electron chi connectivity index (χ4n) is 1.44. The zero-order valence-electron chi connectivity index (χ0n) is 13.6. The number of halogens is 4. The molecule has 8 heteroatoms. The number of carbonyl (C=O) groups is 1. The summed E-state index contributed by atoms with van der Waals surface area (Å²) in [5.74, 6) is -0.372. The molecule has 126 valence electrons. The van der Waals surface area contributed by atoms with Gasteiger partial charge in [0.2, 0.25) is 0 Å². The Bertz CT molecular complexity index is 607. The molecule has 0 atom stereocenters. The summed E-state index contributed by atoms with van der Waals surface area (Å²) in [6.07, 6.45) is -4.36. The van der Waals surface area contributed by atoms with Crippen molar-refractivity contribution in [1.29, 1.82) is 0 Å². The summed E-state index contributed by atoms with van der Waals surface area (Å²) in [5.41, 5.74) is 0.420. The number of hydrogen-bond donors (Lipinski definition) is 1. The van der Waals surface area contributed by atoms with Crippen LogP contribution in [-0.2, 0) is 11.0 Å². The van der Waals surface area contributed by atoms with Crippen molar-refractivity contribution in [3.63, 3.8) is 0 Å². The van der Waals surface area contributed by atoms with E-state index in [2.05, 4.69) is 5.32 Å². The molecule has 0 heterocycles. The van der Waals surface area contributed by atoms with E-state index in [1.54, 1.807) is 0 Å². The first-order chi connectivity index (χ1) is 10.7. The standard InChI is InChI=1S/C8H7F3O.C7H8ClN.CH2O.Na/c1-5-4-6(8(9,10)11)2-3-7(5)12;1-9-7-4-2-6(8)3-5-7;1-2;/h2-4,12H,1H3;2-5,9H,1H3;1H2;/q;;;+1/p-1. The Morgan fingerprint density at radius 1 is 1.08 bits per heavy atom. The molecule has 24 heavy (non-hydrogen) atoms. The monoisotopic (exact) mass is 369 g/mol. The van der Waals surface area contributed by atoms with E-state index in [0.29, 0.717) is 0 Å². The van der Waals surface area contributed by atoms with Crippen LogP contribution in [0.2, 0.25) is 5.02 Å². The number of carbonyl (C=O) groups excluding carboxylic acids is 1. The van der Waals surface area contributed by atoms with Crippen molar-refractivity contribution in [2.45, 2.75) is 13.1 Å². The van der Waals surface area contributed by atoms with Crippen molar-refractivity contribution >= 4 is 24.1 Å². The number of aryl methyl sites for hydroxylation is 1. The maximum absolute atomic E-state index is 12.0. The molecule has 0 radical (unpaired) electrons. The third-order valence-electron chi connectivity index (χ3n) is 2.64. The van der Waals surface area contributed by atoms with Crippen LogP contribution in [0.1, 0.15) is 11.1 Å². The minimum atomic E-state index is -4.36. The molecule has 1 N–H and O–H groups in total. The minimum absolute atomic E-state index is 0. The first-order valence-electron chi connectivity index (χ1n) is 6.31. The normalized spacial score (nSPS) is 9.42. The van der Waals surface area contributed by atoms with Crippen LogP contribution in [0.15, 0.2) is 42.5 Å². The topological polar surface area (TPSA) is 52.2 Å². The molecule has 0 unspecified atom stereocenters. The molecule has 0 aliphatic rings. The summed E-state index contributed by atoms with van der Waals surface area (Å²) < 4.78 is 36.0. The van der Waals surface area contributed by atoms with Crippen molar-refractivity contribution < 1.29 is 52.6 Å². The van der Waals surface area contributed by atoms with Gasteiger partial charge in [-0.25, -0.2) is 0 Å². The van der Waals surface area contributed by atoms with Crippen LogP contribution in [0, 0.1) is 6.92 Å². The Labute approximate surface area is 166 Å². The Morgan fingerprint density at radius 3 is 1.96 bits per heavy atom. The van der Waals surface area contributed by atoms with Crippen molar-refractivity contribution in [3.05, 3.63) is 58.6 Å². The van der Waals surface area contributed by atoms with Gasteiger partial charge in [0.15, 0.2) is 0 Å². The zero-order chi connectivity index (χ0) is 18.0. The van der Waals surface area contributed by atoms with Gasteiger partial charge in [-0.2, -0.15) is 13.2 Å². The van der Waals surface area contributed by atoms with Crippen molar-refractivity contribution in [1.82, 2.24) is 0 Å². The van der Waals surface area contributed by atoms with Crippen LogP contribution in [0.3, 0.4) is 0 Å². The van der Waals surface area contributed by atoms with Crippen molar-refractivity contribution in [2.24, 2.45) is 0 Å². The zero-order valence-corrected chi connectivity index (χ0v) is 16.3. The molecule has 0 spiro atoms. The summed E-state index contributed by atoms with van der Waals surface area (Å²) in [7, 11) is 1.88. The van der Waals surface area contributed by atoms with Crippen LogP contribution in [-0.4, -0.2) is 13.8 Å². The fourth-order valence-corrected chi connectivity index (χ4v) is 1.57. The smallest absolute Gasteiger partial charge is 0.872 e. The fraction of sp³-hybridized carbons (Fsp3) is 0.188. The average Bonchev–Trinajstić information content (AvgIpc) is 2.52. The molecule has 0 bridgehead atoms. The van der Waals surface area contributed by atoms with E-state index in [-0.39, 0.29) is 40.9 Å². The molecule has 2 rings (SSSR count). The van der Waals surface area contributed by atoms with Crippen molar-refractivity contribution in [3.8, 4) is 5.75 Å². The second kappa shape index (κ2) is 12.2. The van der Waals surface area contributed by atoms with Crippen LogP contribution in [0.4, 0.5) is 18.9 Å². The van der Waals surface area contributed by atoms with Gasteiger partial charge in [0.1, 0.15) is 6.79 Å². The third kappa shape index (κ3) is 9.17. The van der Waals surface area contributed by atoms with E-state index in [1.807, 2.05) is 38.1 Å². The minimum Gasteiger partial charge on any atom is -0.872 e. The molecule has 0 aliphatic heterocycles. The second-order valence-electron chi connectivity index (χ2n) is 4.23. The van der Waals surface area contributed by atoms with Crippen LogP contribution < -0.4 is 40.0 Å². The largest absolute Gasteiger partial charge is 1.00 e. The Morgan fingerprint density at radius 2 is 1.58 bits per heavy atom. The number of anilines is 1. The first-order valence-corrected chi connectivity index (χ1v) is 6.69. The van der Waals surface area contributed by atoms with Crippen LogP contribution in [0.5, 0.6) is 5.75 Å². The number of rotatable bonds is 1. The van der Waals surface area contributed by atoms with Gasteiger partial charge >= 0.3 is 35.7 Å². The van der Waals surface area contributed by atoms with Gasteiger partial charge in [0, 0.05) is 17.8 Å². The summed E-state index contributed by atoms with van der Waals surface area (Å²) >= 11 is 5.64. The number of nitrogens with one attached hydrogen (secondary N) is 1. The number of alkyl halides is 3. The summed E-state index contributed by atoms with van der Waals surface area (Å²) in [6.45, 7) is 3.36. The Balaban J connectivity index is 0. The van der Waals surface area contributed by atoms with E-state index < -0.39 is 11.7 Å². The summed E-state index contributed by atoms with van der Waals surface area (Å²) in [5, 5.41) is 14.5. The molecule has 0 amide bonds. The molecule has 0 fully saturated rings. The molecule has 3 nitrogen and oxygen atoms in total. The molecule has 2 aromatic carbocycles. The number of hydrogen-bond acceptors (Lipinski definition) is 3. The Hall–Kier alpha value is -1.21.